The molecule has 0 radical (unpaired) electrons. The molecule has 0 aliphatic heterocycles. The Hall–Kier alpha value is -0.900. The van der Waals surface area contributed by atoms with E-state index >= 15 is 0 Å². The Morgan fingerprint density at radius 2 is 2.07 bits per heavy atom. The van der Waals surface area contributed by atoms with Crippen LogP contribution in [0.2, 0.25) is 0 Å². The van der Waals surface area contributed by atoms with Gasteiger partial charge >= 0.3 is 5.97 Å². The zero-order chi connectivity index (χ0) is 11.5. The molecule has 0 heterocycles. The fourth-order valence-electron chi connectivity index (χ4n) is 1.39. The lowest BCUT2D eigenvalue weighted by atomic mass is 9.95. The minimum atomic E-state index is -0.537. The summed E-state index contributed by atoms with van der Waals surface area (Å²) in [5.74, 6) is -0.191. The summed E-state index contributed by atoms with van der Waals surface area (Å²) in [6.45, 7) is 5.33. The van der Waals surface area contributed by atoms with E-state index in [0.29, 0.717) is 6.42 Å². The van der Waals surface area contributed by atoms with E-state index in [0.717, 1.165) is 19.3 Å². The molecule has 1 N–H and O–H groups in total. The van der Waals surface area contributed by atoms with Crippen molar-refractivity contribution in [2.45, 2.75) is 52.5 Å². The smallest absolute Gasteiger partial charge is 0.330 e. The molecule has 1 unspecified atom stereocenters. The molecule has 0 aromatic heterocycles. The first kappa shape index (κ1) is 12.2. The lowest BCUT2D eigenvalue weighted by Gasteiger charge is -2.23. The molecule has 1 atom stereocenters. The molecule has 1 aliphatic rings. The van der Waals surface area contributed by atoms with Crippen molar-refractivity contribution < 1.29 is 14.4 Å². The van der Waals surface area contributed by atoms with Gasteiger partial charge in [0.05, 0.1) is 5.41 Å². The molecule has 1 saturated carbocycles. The molecule has 0 amide bonds. The fourth-order valence-corrected chi connectivity index (χ4v) is 1.39. The Bertz CT molecular complexity index is 255. The number of nitrogens with one attached hydrogen (secondary N) is 1. The molecule has 15 heavy (non-hydrogen) atoms. The summed E-state index contributed by atoms with van der Waals surface area (Å²) in [5, 5.41) is 0. The lowest BCUT2D eigenvalue weighted by molar-refractivity contribution is -0.164. The zero-order valence-electron chi connectivity index (χ0n) is 9.63. The number of hydrogen-bond acceptors (Lipinski definition) is 4. The SMILES string of the molecule is CC(C)(C)C(=O)ONC1CCCCC1=O. The standard InChI is InChI=1S/C11H19NO3/c1-11(2,3)10(14)15-12-8-6-4-5-7-9(8)13/h8,12H,4-7H2,1-3H3. The lowest BCUT2D eigenvalue weighted by Crippen LogP contribution is -2.42. The van der Waals surface area contributed by atoms with Crippen LogP contribution in [0, 0.1) is 5.41 Å². The monoisotopic (exact) mass is 213 g/mol. The van der Waals surface area contributed by atoms with Gasteiger partial charge in [-0.1, -0.05) is 6.42 Å². The molecule has 1 fully saturated rings. The second-order valence-electron chi connectivity index (χ2n) is 5.02. The molecule has 0 bridgehead atoms. The van der Waals surface area contributed by atoms with Crippen LogP contribution in [0.5, 0.6) is 0 Å². The van der Waals surface area contributed by atoms with Gasteiger partial charge in [0.25, 0.3) is 0 Å². The van der Waals surface area contributed by atoms with E-state index in [-0.39, 0.29) is 17.8 Å². The van der Waals surface area contributed by atoms with Crippen molar-refractivity contribution in [1.82, 2.24) is 5.48 Å². The molecule has 1 rings (SSSR count). The number of hydroxylamine groups is 1. The summed E-state index contributed by atoms with van der Waals surface area (Å²) in [6.07, 6.45) is 3.31. The quantitative estimate of drug-likeness (QED) is 0.708. The van der Waals surface area contributed by atoms with E-state index in [1.807, 2.05) is 0 Å². The van der Waals surface area contributed by atoms with Crippen molar-refractivity contribution >= 4 is 11.8 Å². The third-order valence-corrected chi connectivity index (χ3v) is 2.46. The van der Waals surface area contributed by atoms with Crippen LogP contribution >= 0.6 is 0 Å². The van der Waals surface area contributed by atoms with Crippen LogP contribution in [0.1, 0.15) is 46.5 Å². The molecule has 0 aromatic carbocycles. The minimum Gasteiger partial charge on any atom is -0.369 e. The van der Waals surface area contributed by atoms with Gasteiger partial charge in [0, 0.05) is 6.42 Å². The predicted octanol–water partition coefficient (Wildman–Crippen LogP) is 1.59. The third-order valence-electron chi connectivity index (χ3n) is 2.46. The normalized spacial score (nSPS) is 22.6. The molecule has 0 aromatic rings. The van der Waals surface area contributed by atoms with Crippen molar-refractivity contribution in [3.8, 4) is 0 Å². The van der Waals surface area contributed by atoms with Gasteiger partial charge in [-0.2, -0.15) is 0 Å². The molecule has 1 aliphatic carbocycles. The van der Waals surface area contributed by atoms with Crippen molar-refractivity contribution in [3.05, 3.63) is 0 Å². The molecule has 4 nitrogen and oxygen atoms in total. The number of ketones is 1. The van der Waals surface area contributed by atoms with E-state index in [9.17, 15) is 9.59 Å². The van der Waals surface area contributed by atoms with E-state index in [1.165, 1.54) is 0 Å². The average Bonchev–Trinajstić information content (AvgIpc) is 2.14. The van der Waals surface area contributed by atoms with Gasteiger partial charge in [0.1, 0.15) is 6.04 Å². The number of carbonyl (C=O) groups is 2. The highest BCUT2D eigenvalue weighted by Gasteiger charge is 2.27. The highest BCUT2D eigenvalue weighted by atomic mass is 16.7. The number of hydrogen-bond donors (Lipinski definition) is 1. The van der Waals surface area contributed by atoms with Gasteiger partial charge in [0.15, 0.2) is 5.78 Å². The Morgan fingerprint density at radius 3 is 2.60 bits per heavy atom. The van der Waals surface area contributed by atoms with Crippen molar-refractivity contribution in [3.63, 3.8) is 0 Å². The highest BCUT2D eigenvalue weighted by Crippen LogP contribution is 2.17. The van der Waals surface area contributed by atoms with Crippen LogP contribution in [-0.4, -0.2) is 17.8 Å². The highest BCUT2D eigenvalue weighted by molar-refractivity contribution is 5.84. The van der Waals surface area contributed by atoms with Crippen LogP contribution < -0.4 is 5.48 Å². The third kappa shape index (κ3) is 3.63. The maximum Gasteiger partial charge on any atom is 0.330 e. The second-order valence-corrected chi connectivity index (χ2v) is 5.02. The largest absolute Gasteiger partial charge is 0.369 e. The van der Waals surface area contributed by atoms with E-state index < -0.39 is 5.41 Å². The van der Waals surface area contributed by atoms with E-state index in [4.69, 9.17) is 4.84 Å². The first-order valence-electron chi connectivity index (χ1n) is 5.41. The molecule has 0 spiro atoms. The predicted molar refractivity (Wildman–Crippen MR) is 55.9 cm³/mol. The van der Waals surface area contributed by atoms with Gasteiger partial charge in [-0.05, 0) is 33.6 Å². The number of carbonyl (C=O) groups excluding carboxylic acids is 2. The number of Topliss-reactive ketones (excluding diaryl/α,β-unsaturated/α-hetero) is 1. The molecular formula is C11H19NO3. The topological polar surface area (TPSA) is 55.4 Å². The summed E-state index contributed by atoms with van der Waals surface area (Å²) in [6, 6.07) is -0.301. The van der Waals surface area contributed by atoms with Crippen molar-refractivity contribution in [2.75, 3.05) is 0 Å². The average molecular weight is 213 g/mol. The Morgan fingerprint density at radius 1 is 1.40 bits per heavy atom. The van der Waals surface area contributed by atoms with Crippen LogP contribution in [0.25, 0.3) is 0 Å². The Labute approximate surface area is 90.3 Å². The Kier molecular flexibility index (Phi) is 3.85. The number of rotatable bonds is 2. The maximum absolute atomic E-state index is 11.4. The first-order chi connectivity index (χ1) is 6.91. The minimum absolute atomic E-state index is 0.142. The van der Waals surface area contributed by atoms with Crippen LogP contribution in [0.4, 0.5) is 0 Å². The molecule has 0 saturated heterocycles. The van der Waals surface area contributed by atoms with Gasteiger partial charge in [0.2, 0.25) is 0 Å². The second kappa shape index (κ2) is 4.75. The zero-order valence-corrected chi connectivity index (χ0v) is 9.63. The van der Waals surface area contributed by atoms with Gasteiger partial charge in [-0.25, -0.2) is 4.79 Å². The van der Waals surface area contributed by atoms with Crippen molar-refractivity contribution in [2.24, 2.45) is 5.41 Å². The molecule has 4 heteroatoms. The summed E-state index contributed by atoms with van der Waals surface area (Å²) in [7, 11) is 0. The van der Waals surface area contributed by atoms with E-state index in [2.05, 4.69) is 5.48 Å². The summed E-state index contributed by atoms with van der Waals surface area (Å²) in [4.78, 5) is 27.7. The van der Waals surface area contributed by atoms with Crippen LogP contribution in [-0.2, 0) is 14.4 Å². The summed E-state index contributed by atoms with van der Waals surface area (Å²) in [5.41, 5.74) is 2.04. The van der Waals surface area contributed by atoms with Crippen LogP contribution in [0.3, 0.4) is 0 Å². The van der Waals surface area contributed by atoms with Gasteiger partial charge in [-0.3, -0.25) is 4.79 Å². The summed E-state index contributed by atoms with van der Waals surface area (Å²) >= 11 is 0. The van der Waals surface area contributed by atoms with Gasteiger partial charge in [-0.15, -0.1) is 5.48 Å². The van der Waals surface area contributed by atoms with Crippen LogP contribution in [0.15, 0.2) is 0 Å². The van der Waals surface area contributed by atoms with Crippen molar-refractivity contribution in [1.29, 1.82) is 0 Å². The fraction of sp³-hybridized carbons (Fsp3) is 0.818. The first-order valence-corrected chi connectivity index (χ1v) is 5.41. The van der Waals surface area contributed by atoms with Gasteiger partial charge < -0.3 is 4.84 Å². The maximum atomic E-state index is 11.4. The molecular weight excluding hydrogens is 194 g/mol. The summed E-state index contributed by atoms with van der Waals surface area (Å²) < 4.78 is 0. The van der Waals surface area contributed by atoms with E-state index in [1.54, 1.807) is 20.8 Å². The Balaban J connectivity index is 2.36. The molecule has 86 valence electrons.